The van der Waals surface area contributed by atoms with Gasteiger partial charge in [0.15, 0.2) is 6.10 Å². The Morgan fingerprint density at radius 1 is 0.323 bits per heavy atom. The second-order valence-electron chi connectivity index (χ2n) is 16.3. The van der Waals surface area contributed by atoms with Crippen LogP contribution in [0.1, 0.15) is 201 Å². The molecule has 0 heterocycles. The summed E-state index contributed by atoms with van der Waals surface area (Å²) in [5.74, 6) is -1.08. The van der Waals surface area contributed by atoms with Gasteiger partial charge in [0.2, 0.25) is 0 Å². The van der Waals surface area contributed by atoms with Crippen molar-refractivity contribution in [1.82, 2.24) is 0 Å². The van der Waals surface area contributed by atoms with Gasteiger partial charge in [0.25, 0.3) is 0 Å². The van der Waals surface area contributed by atoms with E-state index in [-0.39, 0.29) is 38.0 Å². The molecule has 1 unspecified atom stereocenters. The van der Waals surface area contributed by atoms with Crippen molar-refractivity contribution in [1.29, 1.82) is 0 Å². The largest absolute Gasteiger partial charge is 0.462 e. The molecule has 65 heavy (non-hydrogen) atoms. The fraction of sp³-hybridized carbons (Fsp3) is 0.576. The number of hydrogen-bond donors (Lipinski definition) is 0. The van der Waals surface area contributed by atoms with Crippen molar-refractivity contribution >= 4 is 17.9 Å². The molecule has 0 radical (unpaired) electrons. The zero-order valence-corrected chi connectivity index (χ0v) is 41.4. The van der Waals surface area contributed by atoms with Crippen molar-refractivity contribution in [3.05, 3.63) is 134 Å². The molecule has 0 aromatic rings. The lowest BCUT2D eigenvalue weighted by Gasteiger charge is -2.18. The van der Waals surface area contributed by atoms with Crippen LogP contribution in [0.25, 0.3) is 0 Å². The molecule has 0 aliphatic heterocycles. The Balaban J connectivity index is 4.53. The smallest absolute Gasteiger partial charge is 0.306 e. The highest BCUT2D eigenvalue weighted by Gasteiger charge is 2.19. The minimum absolute atomic E-state index is 0.128. The summed E-state index contributed by atoms with van der Waals surface area (Å²) in [6.45, 7) is 6.26. The molecule has 1 atom stereocenters. The van der Waals surface area contributed by atoms with Gasteiger partial charge in [0.1, 0.15) is 13.2 Å². The van der Waals surface area contributed by atoms with E-state index in [0.717, 1.165) is 96.3 Å². The Bertz CT molecular complexity index is 1450. The number of unbranched alkanes of at least 4 members (excludes halogenated alkanes) is 11. The predicted molar refractivity (Wildman–Crippen MR) is 279 cm³/mol. The van der Waals surface area contributed by atoms with Crippen LogP contribution in [0, 0.1) is 0 Å². The lowest BCUT2D eigenvalue weighted by atomic mass is 10.1. The van der Waals surface area contributed by atoms with Crippen LogP contribution in [0.5, 0.6) is 0 Å². The third-order valence-electron chi connectivity index (χ3n) is 10.2. The zero-order chi connectivity index (χ0) is 47.2. The topological polar surface area (TPSA) is 78.9 Å². The third-order valence-corrected chi connectivity index (χ3v) is 10.2. The molecular formula is C59H92O6. The van der Waals surface area contributed by atoms with Gasteiger partial charge >= 0.3 is 17.9 Å². The molecule has 0 aliphatic carbocycles. The van der Waals surface area contributed by atoms with Crippen molar-refractivity contribution in [3.8, 4) is 0 Å². The first-order chi connectivity index (χ1) is 32.0. The Morgan fingerprint density at radius 3 is 1.00 bits per heavy atom. The molecule has 0 N–H and O–H groups in total. The first kappa shape index (κ1) is 60.5. The molecule has 0 aromatic carbocycles. The Kier molecular flexibility index (Phi) is 48.6. The van der Waals surface area contributed by atoms with Crippen LogP contribution in [0.2, 0.25) is 0 Å². The van der Waals surface area contributed by atoms with Crippen LogP contribution in [0.3, 0.4) is 0 Å². The second kappa shape index (κ2) is 52.2. The average Bonchev–Trinajstić information content (AvgIpc) is 3.30. The van der Waals surface area contributed by atoms with Gasteiger partial charge in [-0.2, -0.15) is 0 Å². The van der Waals surface area contributed by atoms with E-state index in [2.05, 4.69) is 142 Å². The van der Waals surface area contributed by atoms with E-state index in [4.69, 9.17) is 14.2 Å². The molecule has 0 spiro atoms. The van der Waals surface area contributed by atoms with Gasteiger partial charge in [0, 0.05) is 19.3 Å². The summed E-state index contributed by atoms with van der Waals surface area (Å²) in [5.41, 5.74) is 0. The number of carbonyl (C=O) groups is 3. The summed E-state index contributed by atoms with van der Waals surface area (Å²) >= 11 is 0. The van der Waals surface area contributed by atoms with E-state index in [1.807, 2.05) is 12.2 Å². The summed E-state index contributed by atoms with van der Waals surface area (Å²) in [6.07, 6.45) is 73.2. The molecule has 0 rings (SSSR count). The molecule has 0 aromatic heterocycles. The average molecular weight is 897 g/mol. The van der Waals surface area contributed by atoms with E-state index < -0.39 is 12.1 Å². The van der Waals surface area contributed by atoms with E-state index in [0.29, 0.717) is 19.3 Å². The maximum absolute atomic E-state index is 12.7. The van der Waals surface area contributed by atoms with Gasteiger partial charge in [-0.05, 0) is 96.3 Å². The van der Waals surface area contributed by atoms with E-state index in [1.54, 1.807) is 0 Å². The number of hydrogen-bond acceptors (Lipinski definition) is 6. The van der Waals surface area contributed by atoms with Crippen molar-refractivity contribution in [2.45, 2.75) is 207 Å². The monoisotopic (exact) mass is 897 g/mol. The molecule has 6 nitrogen and oxygen atoms in total. The maximum Gasteiger partial charge on any atom is 0.306 e. The number of carbonyl (C=O) groups excluding carboxylic acids is 3. The molecule has 6 heteroatoms. The lowest BCUT2D eigenvalue weighted by Crippen LogP contribution is -2.30. The molecule has 0 saturated heterocycles. The summed E-state index contributed by atoms with van der Waals surface area (Å²) in [7, 11) is 0. The van der Waals surface area contributed by atoms with Gasteiger partial charge in [-0.3, -0.25) is 14.4 Å². The fourth-order valence-corrected chi connectivity index (χ4v) is 6.38. The van der Waals surface area contributed by atoms with E-state index in [9.17, 15) is 14.4 Å². The molecule has 0 amide bonds. The van der Waals surface area contributed by atoms with Crippen LogP contribution in [0.4, 0.5) is 0 Å². The molecule has 0 bridgehead atoms. The molecule has 364 valence electrons. The van der Waals surface area contributed by atoms with Crippen LogP contribution >= 0.6 is 0 Å². The number of esters is 3. The van der Waals surface area contributed by atoms with Gasteiger partial charge < -0.3 is 14.2 Å². The van der Waals surface area contributed by atoms with Crippen LogP contribution in [-0.4, -0.2) is 37.2 Å². The Labute approximate surface area is 398 Å². The van der Waals surface area contributed by atoms with Gasteiger partial charge in [-0.1, -0.05) is 219 Å². The summed E-state index contributed by atoms with van der Waals surface area (Å²) < 4.78 is 16.6. The lowest BCUT2D eigenvalue weighted by molar-refractivity contribution is -0.166. The normalized spacial score (nSPS) is 13.2. The first-order valence-electron chi connectivity index (χ1n) is 25.7. The quantitative estimate of drug-likeness (QED) is 0.0262. The molecule has 0 saturated carbocycles. The molecular weight excluding hydrogens is 805 g/mol. The fourth-order valence-electron chi connectivity index (χ4n) is 6.38. The summed E-state index contributed by atoms with van der Waals surface area (Å²) in [4.78, 5) is 37.9. The minimum Gasteiger partial charge on any atom is -0.462 e. The highest BCUT2D eigenvalue weighted by atomic mass is 16.6. The van der Waals surface area contributed by atoms with Crippen LogP contribution < -0.4 is 0 Å². The maximum atomic E-state index is 12.7. The van der Waals surface area contributed by atoms with Crippen LogP contribution in [0.15, 0.2) is 134 Å². The summed E-state index contributed by atoms with van der Waals surface area (Å²) in [6, 6.07) is 0. The van der Waals surface area contributed by atoms with Crippen molar-refractivity contribution in [2.24, 2.45) is 0 Å². The molecule has 0 fully saturated rings. The van der Waals surface area contributed by atoms with Crippen molar-refractivity contribution < 1.29 is 28.6 Å². The van der Waals surface area contributed by atoms with E-state index >= 15 is 0 Å². The first-order valence-corrected chi connectivity index (χ1v) is 25.7. The van der Waals surface area contributed by atoms with Gasteiger partial charge in [-0.25, -0.2) is 0 Å². The number of allylic oxidation sites excluding steroid dienone is 22. The zero-order valence-electron chi connectivity index (χ0n) is 41.4. The molecule has 0 aliphatic rings. The standard InChI is InChI=1S/C59H92O6/c1-4-7-10-13-16-19-22-24-25-26-27-28-29-30-31-32-33-35-37-40-43-46-49-52-58(61)64-55-56(54-63-57(60)51-48-45-42-39-36-21-18-15-12-9-6-3)65-59(62)53-50-47-44-41-38-34-23-20-17-14-11-8-5-2/h7-8,10-11,16-17,19-20,24-25,27-28,30-31,33-35,38,40,43-44,47,56H,4-6,9,12-15,18,21-23,26,29,32,36-37,39,41-42,45-46,48-55H2,1-3H3/b10-7-,11-8-,19-16-,20-17-,25-24-,28-27-,31-30-,35-33-,38-34-,43-40-,47-44-. The minimum atomic E-state index is -0.841. The van der Waals surface area contributed by atoms with Gasteiger partial charge in [0.05, 0.1) is 0 Å². The predicted octanol–water partition coefficient (Wildman–Crippen LogP) is 17.1. The number of ether oxygens (including phenoxy) is 3. The van der Waals surface area contributed by atoms with Crippen LogP contribution in [-0.2, 0) is 28.6 Å². The van der Waals surface area contributed by atoms with Crippen molar-refractivity contribution in [3.63, 3.8) is 0 Å². The number of rotatable bonds is 44. The highest BCUT2D eigenvalue weighted by molar-refractivity contribution is 5.71. The van der Waals surface area contributed by atoms with Gasteiger partial charge in [-0.15, -0.1) is 0 Å². The van der Waals surface area contributed by atoms with E-state index in [1.165, 1.54) is 51.4 Å². The summed E-state index contributed by atoms with van der Waals surface area (Å²) in [5, 5.41) is 0. The van der Waals surface area contributed by atoms with Crippen molar-refractivity contribution in [2.75, 3.05) is 13.2 Å². The second-order valence-corrected chi connectivity index (χ2v) is 16.3. The third kappa shape index (κ3) is 50.4. The highest BCUT2D eigenvalue weighted by Crippen LogP contribution is 2.13. The Hall–Kier alpha value is -4.45. The Morgan fingerprint density at radius 2 is 0.631 bits per heavy atom. The SMILES string of the molecule is CC/C=C\C/C=C\C/C=C\C/C=C\C/C=C\C/C=C\C/C=C\CCCC(=O)OCC(COC(=O)CCCCCCCCCCCCC)OC(=O)CC/C=C\C/C=C\C/C=C\C/C=C\CC.